The molecule has 3 N–H and O–H groups in total. The molecule has 0 aliphatic heterocycles. The van der Waals surface area contributed by atoms with E-state index in [-0.39, 0.29) is 5.15 Å². The Kier molecular flexibility index (Phi) is 1.82. The van der Waals surface area contributed by atoms with E-state index in [1.165, 1.54) is 0 Å². The fourth-order valence-corrected chi connectivity index (χ4v) is 1.32. The van der Waals surface area contributed by atoms with Gasteiger partial charge in [0, 0.05) is 0 Å². The zero-order chi connectivity index (χ0) is 9.42. The minimum atomic E-state index is 0.238. The smallest absolute Gasteiger partial charge is 0.195 e. The van der Waals surface area contributed by atoms with E-state index in [1.807, 2.05) is 6.92 Å². The molecule has 2 rings (SSSR count). The van der Waals surface area contributed by atoms with Gasteiger partial charge in [0.15, 0.2) is 16.6 Å². The first-order valence-electron chi connectivity index (χ1n) is 3.61. The van der Waals surface area contributed by atoms with Gasteiger partial charge < -0.3 is 9.84 Å². The van der Waals surface area contributed by atoms with Gasteiger partial charge in [0.1, 0.15) is 5.76 Å². The number of anilines is 1. The van der Waals surface area contributed by atoms with Crippen LogP contribution in [0.5, 0.6) is 0 Å². The number of nitrogens with two attached hydrogens (primary N) is 1. The summed E-state index contributed by atoms with van der Waals surface area (Å²) >= 11 is 5.76. The maximum absolute atomic E-state index is 5.76. The highest BCUT2D eigenvalue weighted by Gasteiger charge is 2.11. The Bertz CT molecular complexity index is 453. The molecule has 0 amide bonds. The normalized spacial score (nSPS) is 10.7. The van der Waals surface area contributed by atoms with Gasteiger partial charge in [-0.05, 0) is 13.0 Å². The van der Waals surface area contributed by atoms with Gasteiger partial charge in [-0.2, -0.15) is 0 Å². The maximum Gasteiger partial charge on any atom is 0.195 e. The van der Waals surface area contributed by atoms with Crippen molar-refractivity contribution < 1.29 is 4.42 Å². The van der Waals surface area contributed by atoms with Crippen LogP contribution in [0.25, 0.3) is 11.0 Å². The molecule has 0 atom stereocenters. The first kappa shape index (κ1) is 8.28. The second kappa shape index (κ2) is 2.86. The number of furan rings is 1. The molecule has 0 unspecified atom stereocenters. The summed E-state index contributed by atoms with van der Waals surface area (Å²) in [5.74, 6) is 6.43. The third-order valence-corrected chi connectivity index (χ3v) is 1.92. The maximum atomic E-state index is 5.76. The molecule has 2 aromatic heterocycles. The summed E-state index contributed by atoms with van der Waals surface area (Å²) in [5, 5.41) is 8.40. The molecular formula is C7H7ClN4O. The molecule has 2 heterocycles. The first-order valence-corrected chi connectivity index (χ1v) is 3.99. The highest BCUT2D eigenvalue weighted by Crippen LogP contribution is 2.28. The lowest BCUT2D eigenvalue weighted by Crippen LogP contribution is -2.09. The summed E-state index contributed by atoms with van der Waals surface area (Å²) in [6.45, 7) is 1.82. The van der Waals surface area contributed by atoms with Crippen LogP contribution in [0.2, 0.25) is 5.15 Å². The molecule has 0 aliphatic carbocycles. The first-order chi connectivity index (χ1) is 6.22. The molecule has 5 nitrogen and oxygen atoms in total. The quantitative estimate of drug-likeness (QED) is 0.536. The zero-order valence-electron chi connectivity index (χ0n) is 6.84. The number of aryl methyl sites for hydroxylation is 1. The number of halogens is 1. The van der Waals surface area contributed by atoms with Gasteiger partial charge in [-0.15, -0.1) is 10.2 Å². The van der Waals surface area contributed by atoms with Crippen LogP contribution in [0.3, 0.4) is 0 Å². The number of nitrogen functional groups attached to an aromatic ring is 1. The predicted octanol–water partition coefficient (Wildman–Crippen LogP) is 1.47. The molecule has 0 bridgehead atoms. The Morgan fingerprint density at radius 3 is 3.00 bits per heavy atom. The van der Waals surface area contributed by atoms with Crippen LogP contribution in [0.1, 0.15) is 5.76 Å². The highest BCUT2D eigenvalue weighted by molar-refractivity contribution is 6.33. The van der Waals surface area contributed by atoms with E-state index in [9.17, 15) is 0 Å². The second-order valence-corrected chi connectivity index (χ2v) is 2.94. The lowest BCUT2D eigenvalue weighted by molar-refractivity contribution is 0.576. The summed E-state index contributed by atoms with van der Waals surface area (Å²) < 4.78 is 5.31. The number of rotatable bonds is 1. The molecule has 6 heteroatoms. The van der Waals surface area contributed by atoms with Crippen molar-refractivity contribution in [2.45, 2.75) is 6.92 Å². The van der Waals surface area contributed by atoms with Crippen molar-refractivity contribution in [2.24, 2.45) is 5.84 Å². The average Bonchev–Trinajstić information content (AvgIpc) is 2.48. The number of nitrogens with zero attached hydrogens (tertiary/aromatic N) is 2. The van der Waals surface area contributed by atoms with E-state index in [0.29, 0.717) is 11.4 Å². The molecular weight excluding hydrogens is 192 g/mol. The Balaban J connectivity index is 2.83. The van der Waals surface area contributed by atoms with Crippen molar-refractivity contribution in [3.05, 3.63) is 17.0 Å². The third-order valence-electron chi connectivity index (χ3n) is 1.67. The summed E-state index contributed by atoms with van der Waals surface area (Å²) in [4.78, 5) is 0. The van der Waals surface area contributed by atoms with Crippen molar-refractivity contribution in [1.29, 1.82) is 0 Å². The largest absolute Gasteiger partial charge is 0.458 e. The van der Waals surface area contributed by atoms with Crippen LogP contribution < -0.4 is 11.3 Å². The summed E-state index contributed by atoms with van der Waals surface area (Å²) in [5.41, 5.74) is 2.92. The van der Waals surface area contributed by atoms with Gasteiger partial charge in [-0.25, -0.2) is 5.84 Å². The van der Waals surface area contributed by atoms with Crippen molar-refractivity contribution in [3.8, 4) is 0 Å². The van der Waals surface area contributed by atoms with Gasteiger partial charge in [-0.1, -0.05) is 11.6 Å². The summed E-state index contributed by atoms with van der Waals surface area (Å²) in [7, 11) is 0. The third kappa shape index (κ3) is 1.22. The number of fused-ring (bicyclic) bond motifs is 1. The molecule has 13 heavy (non-hydrogen) atoms. The van der Waals surface area contributed by atoms with Gasteiger partial charge in [0.05, 0.1) is 5.39 Å². The van der Waals surface area contributed by atoms with E-state index in [0.717, 1.165) is 11.1 Å². The molecule has 0 radical (unpaired) electrons. The van der Waals surface area contributed by atoms with Crippen LogP contribution >= 0.6 is 11.6 Å². The standard InChI is InChI=1S/C7H7ClN4O/c1-3-2-4-5(13-3)6(8)11-12-7(4)10-9/h2H,9H2,1H3,(H,10,12). The SMILES string of the molecule is Cc1cc2c(NN)nnc(Cl)c2o1. The number of hydrogen-bond donors (Lipinski definition) is 2. The zero-order valence-corrected chi connectivity index (χ0v) is 7.59. The molecule has 0 aromatic carbocycles. The van der Waals surface area contributed by atoms with E-state index in [2.05, 4.69) is 15.6 Å². The topological polar surface area (TPSA) is 77.0 Å². The Morgan fingerprint density at radius 2 is 2.31 bits per heavy atom. The molecule has 68 valence electrons. The Hall–Kier alpha value is -1.33. The molecule has 0 saturated carbocycles. The van der Waals surface area contributed by atoms with Crippen LogP contribution in [-0.2, 0) is 0 Å². The molecule has 0 aliphatic rings. The van der Waals surface area contributed by atoms with Gasteiger partial charge in [0.2, 0.25) is 0 Å². The van der Waals surface area contributed by atoms with E-state index >= 15 is 0 Å². The van der Waals surface area contributed by atoms with Gasteiger partial charge >= 0.3 is 0 Å². The highest BCUT2D eigenvalue weighted by atomic mass is 35.5. The number of aromatic nitrogens is 2. The second-order valence-electron chi connectivity index (χ2n) is 2.58. The molecule has 0 spiro atoms. The summed E-state index contributed by atoms with van der Waals surface area (Å²) in [6.07, 6.45) is 0. The van der Waals surface area contributed by atoms with Crippen LogP contribution in [0, 0.1) is 6.92 Å². The Morgan fingerprint density at radius 1 is 1.54 bits per heavy atom. The lowest BCUT2D eigenvalue weighted by atomic mass is 10.3. The number of hydrazine groups is 1. The molecule has 0 fully saturated rings. The van der Waals surface area contributed by atoms with Crippen molar-refractivity contribution in [2.75, 3.05) is 5.43 Å². The molecule has 0 saturated heterocycles. The minimum Gasteiger partial charge on any atom is -0.458 e. The van der Waals surface area contributed by atoms with Gasteiger partial charge in [-0.3, -0.25) is 0 Å². The summed E-state index contributed by atoms with van der Waals surface area (Å²) in [6, 6.07) is 1.80. The van der Waals surface area contributed by atoms with Crippen LogP contribution in [0.4, 0.5) is 5.82 Å². The Labute approximate surface area is 78.8 Å². The van der Waals surface area contributed by atoms with Crippen LogP contribution in [0.15, 0.2) is 10.5 Å². The fraction of sp³-hybridized carbons (Fsp3) is 0.143. The number of nitrogens with one attached hydrogen (secondary N) is 1. The average molecular weight is 199 g/mol. The predicted molar refractivity (Wildman–Crippen MR) is 49.4 cm³/mol. The van der Waals surface area contributed by atoms with E-state index in [1.54, 1.807) is 6.07 Å². The van der Waals surface area contributed by atoms with Crippen LogP contribution in [-0.4, -0.2) is 10.2 Å². The molecule has 2 aromatic rings. The monoisotopic (exact) mass is 198 g/mol. The lowest BCUT2D eigenvalue weighted by Gasteiger charge is -1.98. The van der Waals surface area contributed by atoms with Crippen molar-refractivity contribution in [3.63, 3.8) is 0 Å². The van der Waals surface area contributed by atoms with Gasteiger partial charge in [0.25, 0.3) is 0 Å². The van der Waals surface area contributed by atoms with Crippen molar-refractivity contribution >= 4 is 28.4 Å². The van der Waals surface area contributed by atoms with E-state index in [4.69, 9.17) is 21.9 Å². The fourth-order valence-electron chi connectivity index (χ4n) is 1.14. The number of hydrogen-bond acceptors (Lipinski definition) is 5. The van der Waals surface area contributed by atoms with E-state index < -0.39 is 0 Å². The minimum absolute atomic E-state index is 0.238. The van der Waals surface area contributed by atoms with Crippen molar-refractivity contribution in [1.82, 2.24) is 10.2 Å².